The Bertz CT molecular complexity index is 917. The van der Waals surface area contributed by atoms with Crippen LogP contribution in [0.1, 0.15) is 36.0 Å². The van der Waals surface area contributed by atoms with Crippen LogP contribution in [0.5, 0.6) is 0 Å². The smallest absolute Gasteiger partial charge is 0.223 e. The van der Waals surface area contributed by atoms with Crippen molar-refractivity contribution in [2.75, 3.05) is 0 Å². The Morgan fingerprint density at radius 3 is 2.41 bits per heavy atom. The van der Waals surface area contributed by atoms with E-state index >= 15 is 0 Å². The third-order valence-corrected chi connectivity index (χ3v) is 5.36. The lowest BCUT2D eigenvalue weighted by atomic mass is 10.1. The van der Waals surface area contributed by atoms with E-state index in [0.29, 0.717) is 29.6 Å². The van der Waals surface area contributed by atoms with E-state index in [9.17, 15) is 4.79 Å². The standard InChI is InChI=1S/C24H24Cl2N2O/c25-22-13-12-21(23(26)15-22)18-28(17-20-10-6-14-27-16-20)24(29)11-5-4-9-19-7-2-1-3-8-19/h1-3,6-8,10,12-16H,4-5,9,11,17-18H2. The van der Waals surface area contributed by atoms with E-state index in [1.165, 1.54) is 5.56 Å². The second kappa shape index (κ2) is 11.0. The third-order valence-electron chi connectivity index (χ3n) is 4.77. The molecule has 150 valence electrons. The second-order valence-electron chi connectivity index (χ2n) is 7.04. The molecule has 1 heterocycles. The Kier molecular flexibility index (Phi) is 8.09. The minimum atomic E-state index is 0.118. The lowest BCUT2D eigenvalue weighted by molar-refractivity contribution is -0.132. The van der Waals surface area contributed by atoms with Crippen molar-refractivity contribution >= 4 is 29.1 Å². The Hall–Kier alpha value is -2.36. The van der Waals surface area contributed by atoms with Crippen LogP contribution in [0.2, 0.25) is 10.0 Å². The van der Waals surface area contributed by atoms with Gasteiger partial charge in [0.2, 0.25) is 5.91 Å². The van der Waals surface area contributed by atoms with Crippen molar-refractivity contribution in [3.05, 3.63) is 99.8 Å². The summed E-state index contributed by atoms with van der Waals surface area (Å²) in [6, 6.07) is 19.6. The molecule has 0 N–H and O–H groups in total. The van der Waals surface area contributed by atoms with Crippen LogP contribution >= 0.6 is 23.2 Å². The quantitative estimate of drug-likeness (QED) is 0.374. The number of hydrogen-bond donors (Lipinski definition) is 0. The first-order valence-electron chi connectivity index (χ1n) is 9.76. The summed E-state index contributed by atoms with van der Waals surface area (Å²) in [4.78, 5) is 19.0. The van der Waals surface area contributed by atoms with Crippen molar-refractivity contribution in [1.82, 2.24) is 9.88 Å². The first-order valence-corrected chi connectivity index (χ1v) is 10.5. The number of aryl methyl sites for hydroxylation is 1. The molecule has 0 spiro atoms. The first-order chi connectivity index (χ1) is 14.1. The molecular weight excluding hydrogens is 403 g/mol. The highest BCUT2D eigenvalue weighted by molar-refractivity contribution is 6.35. The molecule has 29 heavy (non-hydrogen) atoms. The molecule has 5 heteroatoms. The molecular formula is C24H24Cl2N2O. The van der Waals surface area contributed by atoms with Crippen molar-refractivity contribution in [2.24, 2.45) is 0 Å². The van der Waals surface area contributed by atoms with Gasteiger partial charge < -0.3 is 4.90 Å². The normalized spacial score (nSPS) is 10.7. The van der Waals surface area contributed by atoms with Crippen LogP contribution in [-0.2, 0) is 24.3 Å². The van der Waals surface area contributed by atoms with Gasteiger partial charge in [-0.3, -0.25) is 9.78 Å². The van der Waals surface area contributed by atoms with E-state index in [2.05, 4.69) is 17.1 Å². The van der Waals surface area contributed by atoms with Gasteiger partial charge in [0.1, 0.15) is 0 Å². The Morgan fingerprint density at radius 2 is 1.69 bits per heavy atom. The molecule has 0 aliphatic heterocycles. The number of carbonyl (C=O) groups is 1. The molecule has 2 aromatic carbocycles. The highest BCUT2D eigenvalue weighted by atomic mass is 35.5. The third kappa shape index (κ3) is 6.88. The lowest BCUT2D eigenvalue weighted by Gasteiger charge is -2.23. The molecule has 0 bridgehead atoms. The number of halogens is 2. The Balaban J connectivity index is 1.62. The van der Waals surface area contributed by atoms with E-state index in [-0.39, 0.29) is 5.91 Å². The summed E-state index contributed by atoms with van der Waals surface area (Å²) in [5.41, 5.74) is 3.19. The molecule has 3 aromatic rings. The summed E-state index contributed by atoms with van der Waals surface area (Å²) in [5.74, 6) is 0.118. The fourth-order valence-corrected chi connectivity index (χ4v) is 3.68. The molecule has 3 rings (SSSR count). The van der Waals surface area contributed by atoms with E-state index in [1.54, 1.807) is 24.5 Å². The van der Waals surface area contributed by atoms with Gasteiger partial charge in [0.15, 0.2) is 0 Å². The number of nitrogens with zero attached hydrogens (tertiary/aromatic N) is 2. The minimum Gasteiger partial charge on any atom is -0.334 e. The van der Waals surface area contributed by atoms with E-state index in [4.69, 9.17) is 23.2 Å². The van der Waals surface area contributed by atoms with Crippen LogP contribution in [0.15, 0.2) is 73.1 Å². The van der Waals surface area contributed by atoms with Crippen molar-refractivity contribution in [1.29, 1.82) is 0 Å². The van der Waals surface area contributed by atoms with Gasteiger partial charge in [-0.2, -0.15) is 0 Å². The molecule has 0 fully saturated rings. The molecule has 0 unspecified atom stereocenters. The van der Waals surface area contributed by atoms with Crippen molar-refractivity contribution in [2.45, 2.75) is 38.8 Å². The summed E-state index contributed by atoms with van der Waals surface area (Å²) in [5, 5.41) is 1.16. The monoisotopic (exact) mass is 426 g/mol. The fourth-order valence-electron chi connectivity index (χ4n) is 3.21. The van der Waals surface area contributed by atoms with Crippen LogP contribution in [0.25, 0.3) is 0 Å². The van der Waals surface area contributed by atoms with Gasteiger partial charge in [0.25, 0.3) is 0 Å². The number of amides is 1. The summed E-state index contributed by atoms with van der Waals surface area (Å²) in [6.45, 7) is 0.951. The van der Waals surface area contributed by atoms with Gasteiger partial charge in [-0.15, -0.1) is 0 Å². The zero-order chi connectivity index (χ0) is 20.5. The topological polar surface area (TPSA) is 33.2 Å². The average molecular weight is 427 g/mol. The highest BCUT2D eigenvalue weighted by Gasteiger charge is 2.16. The molecule has 0 saturated carbocycles. The number of aromatic nitrogens is 1. The predicted molar refractivity (Wildman–Crippen MR) is 119 cm³/mol. The second-order valence-corrected chi connectivity index (χ2v) is 7.88. The van der Waals surface area contributed by atoms with Crippen LogP contribution in [-0.4, -0.2) is 15.8 Å². The van der Waals surface area contributed by atoms with E-state index < -0.39 is 0 Å². The largest absolute Gasteiger partial charge is 0.334 e. The summed E-state index contributed by atoms with van der Waals surface area (Å²) < 4.78 is 0. The SMILES string of the molecule is O=C(CCCCc1ccccc1)N(Cc1cccnc1)Cc1ccc(Cl)cc1Cl. The van der Waals surface area contributed by atoms with Gasteiger partial charge >= 0.3 is 0 Å². The first kappa shape index (κ1) is 21.4. The number of carbonyl (C=O) groups excluding carboxylic acids is 1. The number of hydrogen-bond acceptors (Lipinski definition) is 2. The van der Waals surface area contributed by atoms with Gasteiger partial charge in [0, 0.05) is 41.9 Å². The fraction of sp³-hybridized carbons (Fsp3) is 0.250. The van der Waals surface area contributed by atoms with Crippen LogP contribution in [0.4, 0.5) is 0 Å². The maximum Gasteiger partial charge on any atom is 0.223 e. The molecule has 0 atom stereocenters. The lowest BCUT2D eigenvalue weighted by Crippen LogP contribution is -2.30. The summed E-state index contributed by atoms with van der Waals surface area (Å²) in [6.07, 6.45) is 6.86. The maximum atomic E-state index is 13.0. The predicted octanol–water partition coefficient (Wildman–Crippen LogP) is 6.33. The van der Waals surface area contributed by atoms with Gasteiger partial charge in [0.05, 0.1) is 0 Å². The van der Waals surface area contributed by atoms with Crippen molar-refractivity contribution in [3.8, 4) is 0 Å². The van der Waals surface area contributed by atoms with Crippen molar-refractivity contribution < 1.29 is 4.79 Å². The number of pyridine rings is 1. The number of rotatable bonds is 9. The maximum absolute atomic E-state index is 13.0. The van der Waals surface area contributed by atoms with Crippen LogP contribution < -0.4 is 0 Å². The average Bonchev–Trinajstić information content (AvgIpc) is 2.74. The Morgan fingerprint density at radius 1 is 0.897 bits per heavy atom. The van der Waals surface area contributed by atoms with Crippen molar-refractivity contribution in [3.63, 3.8) is 0 Å². The Labute approximate surface area is 182 Å². The molecule has 0 radical (unpaired) electrons. The highest BCUT2D eigenvalue weighted by Crippen LogP contribution is 2.23. The summed E-state index contributed by atoms with van der Waals surface area (Å²) in [7, 11) is 0. The number of unbranched alkanes of at least 4 members (excludes halogenated alkanes) is 1. The van der Waals surface area contributed by atoms with Gasteiger partial charge in [-0.1, -0.05) is 65.7 Å². The molecule has 1 amide bonds. The van der Waals surface area contributed by atoms with Gasteiger partial charge in [-0.25, -0.2) is 0 Å². The van der Waals surface area contributed by atoms with E-state index in [0.717, 1.165) is 30.4 Å². The van der Waals surface area contributed by atoms with Crippen LogP contribution in [0, 0.1) is 0 Å². The minimum absolute atomic E-state index is 0.118. The molecule has 0 aliphatic carbocycles. The van der Waals surface area contributed by atoms with Gasteiger partial charge in [-0.05, 0) is 54.2 Å². The number of benzene rings is 2. The molecule has 0 saturated heterocycles. The zero-order valence-electron chi connectivity index (χ0n) is 16.2. The molecule has 3 nitrogen and oxygen atoms in total. The zero-order valence-corrected chi connectivity index (χ0v) is 17.7. The summed E-state index contributed by atoms with van der Waals surface area (Å²) >= 11 is 12.3. The molecule has 1 aromatic heterocycles. The van der Waals surface area contributed by atoms with E-state index in [1.807, 2.05) is 41.3 Å². The molecule has 0 aliphatic rings. The van der Waals surface area contributed by atoms with Crippen LogP contribution in [0.3, 0.4) is 0 Å².